The van der Waals surface area contributed by atoms with Gasteiger partial charge in [0.15, 0.2) is 0 Å². The second kappa shape index (κ2) is 4.65. The molecule has 1 aliphatic rings. The van der Waals surface area contributed by atoms with Gasteiger partial charge in [0, 0.05) is 15.5 Å². The molecule has 0 aromatic heterocycles. The molecule has 1 aromatic rings. The second-order valence-electron chi connectivity index (χ2n) is 6.61. The summed E-state index contributed by atoms with van der Waals surface area (Å²) in [5, 5.41) is 0. The van der Waals surface area contributed by atoms with Gasteiger partial charge in [-0.2, -0.15) is 0 Å². The zero-order valence-corrected chi connectivity index (χ0v) is 14.2. The van der Waals surface area contributed by atoms with Crippen LogP contribution in [-0.4, -0.2) is 18.2 Å². The van der Waals surface area contributed by atoms with Crippen LogP contribution in [0.4, 0.5) is 10.5 Å². The molecule has 0 radical (unpaired) electrons. The van der Waals surface area contributed by atoms with E-state index in [0.29, 0.717) is 6.54 Å². The Bertz CT molecular complexity index is 517. The van der Waals surface area contributed by atoms with Crippen molar-refractivity contribution >= 4 is 34.4 Å². The molecule has 1 aromatic carbocycles. The Kier molecular flexibility index (Phi) is 3.58. The average Bonchev–Trinajstić information content (AvgIpc) is 2.49. The standard InChI is InChI=1S/C15H20INO2/c1-14(2,3)19-13(18)17-9-15(4,5)11-8-10(16)6-7-12(11)17/h6-8H,9H2,1-5H3. The van der Waals surface area contributed by atoms with E-state index in [4.69, 9.17) is 4.74 Å². The molecule has 0 saturated heterocycles. The number of halogens is 1. The molecule has 1 amide bonds. The van der Waals surface area contributed by atoms with Crippen LogP contribution in [0.25, 0.3) is 0 Å². The maximum absolute atomic E-state index is 12.3. The third kappa shape index (κ3) is 3.04. The van der Waals surface area contributed by atoms with Crippen molar-refractivity contribution in [3.8, 4) is 0 Å². The van der Waals surface area contributed by atoms with Gasteiger partial charge in [-0.25, -0.2) is 4.79 Å². The first-order chi connectivity index (χ1) is 8.60. The first-order valence-electron chi connectivity index (χ1n) is 6.41. The number of rotatable bonds is 0. The summed E-state index contributed by atoms with van der Waals surface area (Å²) in [6.45, 7) is 10.7. The van der Waals surface area contributed by atoms with Crippen molar-refractivity contribution in [1.82, 2.24) is 0 Å². The molecule has 4 heteroatoms. The molecule has 0 spiro atoms. The number of anilines is 1. The van der Waals surface area contributed by atoms with Crippen LogP contribution in [-0.2, 0) is 10.2 Å². The molecule has 0 saturated carbocycles. The molecule has 104 valence electrons. The molecule has 0 atom stereocenters. The van der Waals surface area contributed by atoms with Crippen molar-refractivity contribution in [3.63, 3.8) is 0 Å². The minimum Gasteiger partial charge on any atom is -0.443 e. The number of carbonyl (C=O) groups excluding carboxylic acids is 1. The summed E-state index contributed by atoms with van der Waals surface area (Å²) in [5.41, 5.74) is 1.69. The van der Waals surface area contributed by atoms with Gasteiger partial charge in [-0.1, -0.05) is 13.8 Å². The summed E-state index contributed by atoms with van der Waals surface area (Å²) >= 11 is 2.30. The highest BCUT2D eigenvalue weighted by Gasteiger charge is 2.39. The lowest BCUT2D eigenvalue weighted by molar-refractivity contribution is 0.0579. The van der Waals surface area contributed by atoms with E-state index in [1.54, 1.807) is 4.90 Å². The number of benzene rings is 1. The minimum atomic E-state index is -0.465. The summed E-state index contributed by atoms with van der Waals surface area (Å²) in [7, 11) is 0. The number of fused-ring (bicyclic) bond motifs is 1. The second-order valence-corrected chi connectivity index (χ2v) is 7.86. The minimum absolute atomic E-state index is 0.0343. The fourth-order valence-corrected chi connectivity index (χ4v) is 2.82. The Morgan fingerprint density at radius 2 is 2.00 bits per heavy atom. The Labute approximate surface area is 128 Å². The van der Waals surface area contributed by atoms with Gasteiger partial charge in [-0.3, -0.25) is 4.90 Å². The normalized spacial score (nSPS) is 17.3. The molecule has 19 heavy (non-hydrogen) atoms. The van der Waals surface area contributed by atoms with Gasteiger partial charge in [0.05, 0.1) is 5.69 Å². The molecule has 3 nitrogen and oxygen atoms in total. The van der Waals surface area contributed by atoms with Gasteiger partial charge in [0.25, 0.3) is 0 Å². The van der Waals surface area contributed by atoms with E-state index in [1.165, 1.54) is 9.13 Å². The van der Waals surface area contributed by atoms with Crippen molar-refractivity contribution in [2.24, 2.45) is 0 Å². The fourth-order valence-electron chi connectivity index (χ4n) is 2.33. The quantitative estimate of drug-likeness (QED) is 0.634. The summed E-state index contributed by atoms with van der Waals surface area (Å²) < 4.78 is 6.68. The molecule has 0 N–H and O–H groups in total. The van der Waals surface area contributed by atoms with E-state index in [1.807, 2.05) is 32.9 Å². The Morgan fingerprint density at radius 3 is 2.58 bits per heavy atom. The van der Waals surface area contributed by atoms with Crippen LogP contribution in [0.2, 0.25) is 0 Å². The average molecular weight is 373 g/mol. The van der Waals surface area contributed by atoms with E-state index in [0.717, 1.165) is 5.69 Å². The molecule has 1 aliphatic heterocycles. The first kappa shape index (κ1) is 14.6. The predicted molar refractivity (Wildman–Crippen MR) is 85.8 cm³/mol. The van der Waals surface area contributed by atoms with Gasteiger partial charge in [0.2, 0.25) is 0 Å². The molecule has 0 unspecified atom stereocenters. The molecular weight excluding hydrogens is 353 g/mol. The summed E-state index contributed by atoms with van der Waals surface area (Å²) in [6, 6.07) is 6.19. The van der Waals surface area contributed by atoms with Crippen LogP contribution >= 0.6 is 22.6 Å². The SMILES string of the molecule is CC(C)(C)OC(=O)N1CC(C)(C)c2cc(I)ccc21. The van der Waals surface area contributed by atoms with Crippen molar-refractivity contribution in [2.45, 2.75) is 45.6 Å². The highest BCUT2D eigenvalue weighted by molar-refractivity contribution is 14.1. The lowest BCUT2D eigenvalue weighted by Crippen LogP contribution is -2.38. The van der Waals surface area contributed by atoms with Gasteiger partial charge in [-0.15, -0.1) is 0 Å². The first-order valence-corrected chi connectivity index (χ1v) is 7.49. The number of hydrogen-bond donors (Lipinski definition) is 0. The summed E-state index contributed by atoms with van der Waals surface area (Å²) in [4.78, 5) is 14.0. The van der Waals surface area contributed by atoms with Crippen molar-refractivity contribution in [1.29, 1.82) is 0 Å². The van der Waals surface area contributed by atoms with Crippen LogP contribution < -0.4 is 4.90 Å². The van der Waals surface area contributed by atoms with E-state index < -0.39 is 5.60 Å². The van der Waals surface area contributed by atoms with E-state index in [2.05, 4.69) is 42.5 Å². The molecule has 0 fully saturated rings. The van der Waals surface area contributed by atoms with Crippen LogP contribution in [0.5, 0.6) is 0 Å². The zero-order valence-electron chi connectivity index (χ0n) is 12.1. The third-order valence-corrected chi connectivity index (χ3v) is 3.82. The number of ether oxygens (including phenoxy) is 1. The highest BCUT2D eigenvalue weighted by atomic mass is 127. The molecule has 1 heterocycles. The van der Waals surface area contributed by atoms with Gasteiger partial charge >= 0.3 is 6.09 Å². The number of hydrogen-bond acceptors (Lipinski definition) is 2. The smallest absolute Gasteiger partial charge is 0.414 e. The molecule has 0 bridgehead atoms. The van der Waals surface area contributed by atoms with Crippen molar-refractivity contribution < 1.29 is 9.53 Å². The van der Waals surface area contributed by atoms with Crippen LogP contribution in [0, 0.1) is 3.57 Å². The maximum atomic E-state index is 12.3. The van der Waals surface area contributed by atoms with Gasteiger partial charge < -0.3 is 4.74 Å². The molecular formula is C15H20INO2. The molecule has 2 rings (SSSR count). The largest absolute Gasteiger partial charge is 0.443 e. The van der Waals surface area contributed by atoms with E-state index >= 15 is 0 Å². The van der Waals surface area contributed by atoms with Crippen LogP contribution in [0.1, 0.15) is 40.2 Å². The monoisotopic (exact) mass is 373 g/mol. The third-order valence-electron chi connectivity index (χ3n) is 3.15. The number of nitrogens with zero attached hydrogens (tertiary/aromatic N) is 1. The number of amides is 1. The van der Waals surface area contributed by atoms with Crippen LogP contribution in [0.15, 0.2) is 18.2 Å². The predicted octanol–water partition coefficient (Wildman–Crippen LogP) is 4.32. The Hall–Kier alpha value is -0.780. The van der Waals surface area contributed by atoms with Crippen LogP contribution in [0.3, 0.4) is 0 Å². The lowest BCUT2D eigenvalue weighted by Gasteiger charge is -2.25. The topological polar surface area (TPSA) is 29.5 Å². The van der Waals surface area contributed by atoms with E-state index in [9.17, 15) is 4.79 Å². The van der Waals surface area contributed by atoms with Crippen molar-refractivity contribution in [3.05, 3.63) is 27.3 Å². The number of carbonyl (C=O) groups is 1. The summed E-state index contributed by atoms with van der Waals surface area (Å²) in [6.07, 6.45) is -0.263. The van der Waals surface area contributed by atoms with Crippen molar-refractivity contribution in [2.75, 3.05) is 11.4 Å². The highest BCUT2D eigenvalue weighted by Crippen LogP contribution is 2.41. The van der Waals surface area contributed by atoms with Gasteiger partial charge in [0.1, 0.15) is 5.60 Å². The fraction of sp³-hybridized carbons (Fsp3) is 0.533. The maximum Gasteiger partial charge on any atom is 0.414 e. The summed E-state index contributed by atoms with van der Waals surface area (Å²) in [5.74, 6) is 0. The Morgan fingerprint density at radius 1 is 1.37 bits per heavy atom. The van der Waals surface area contributed by atoms with Gasteiger partial charge in [-0.05, 0) is 67.1 Å². The zero-order chi connectivity index (χ0) is 14.4. The lowest BCUT2D eigenvalue weighted by atomic mass is 9.87. The Balaban J connectivity index is 2.35. The van der Waals surface area contributed by atoms with E-state index in [-0.39, 0.29) is 11.5 Å². The molecule has 0 aliphatic carbocycles.